The van der Waals surface area contributed by atoms with Gasteiger partial charge in [-0.2, -0.15) is 13.2 Å². The molecule has 1 unspecified atom stereocenters. The Hall–Kier alpha value is -2.06. The molecule has 1 N–H and O–H groups in total. The van der Waals surface area contributed by atoms with Gasteiger partial charge in [-0.05, 0) is 13.0 Å². The fourth-order valence-electron chi connectivity index (χ4n) is 1.21. The van der Waals surface area contributed by atoms with Crippen molar-refractivity contribution < 1.29 is 31.8 Å². The lowest BCUT2D eigenvalue weighted by atomic mass is 10.2. The van der Waals surface area contributed by atoms with Gasteiger partial charge in [0, 0.05) is 18.8 Å². The van der Waals surface area contributed by atoms with Crippen molar-refractivity contribution >= 4 is 6.09 Å². The number of hydrogen-bond acceptors (Lipinski definition) is 4. The third-order valence-corrected chi connectivity index (χ3v) is 2.16. The molecule has 0 aliphatic heterocycles. The van der Waals surface area contributed by atoms with E-state index in [0.29, 0.717) is 0 Å². The van der Waals surface area contributed by atoms with E-state index in [1.807, 2.05) is 0 Å². The molecule has 1 atom stereocenters. The first-order valence-corrected chi connectivity index (χ1v) is 5.46. The number of hydrogen-bond donors (Lipinski definition) is 1. The van der Waals surface area contributed by atoms with Crippen LogP contribution in [0, 0.1) is 5.82 Å². The molecule has 0 bridgehead atoms. The van der Waals surface area contributed by atoms with E-state index in [9.17, 15) is 22.4 Å². The molecule has 0 aliphatic carbocycles. The van der Waals surface area contributed by atoms with Crippen LogP contribution in [0.25, 0.3) is 0 Å². The monoisotopic (exact) mass is 296 g/mol. The van der Waals surface area contributed by atoms with Crippen molar-refractivity contribution in [1.29, 1.82) is 0 Å². The number of carbonyl (C=O) groups excluding carboxylic acids is 1. The minimum atomic E-state index is -4.58. The minimum absolute atomic E-state index is 0.186. The van der Waals surface area contributed by atoms with Gasteiger partial charge in [-0.25, -0.2) is 14.2 Å². The molecule has 0 radical (unpaired) electrons. The van der Waals surface area contributed by atoms with Crippen molar-refractivity contribution in [3.8, 4) is 5.88 Å². The van der Waals surface area contributed by atoms with Crippen LogP contribution in [0.15, 0.2) is 12.3 Å². The van der Waals surface area contributed by atoms with E-state index >= 15 is 0 Å². The van der Waals surface area contributed by atoms with Crippen molar-refractivity contribution in [1.82, 2.24) is 10.3 Å². The van der Waals surface area contributed by atoms with Crippen molar-refractivity contribution in [2.45, 2.75) is 19.2 Å². The van der Waals surface area contributed by atoms with E-state index in [-0.39, 0.29) is 5.56 Å². The maximum atomic E-state index is 13.5. The zero-order valence-electron chi connectivity index (χ0n) is 10.6. The molecule has 0 aromatic carbocycles. The van der Waals surface area contributed by atoms with Gasteiger partial charge in [0.2, 0.25) is 0 Å². The molecule has 1 amide bonds. The third-order valence-electron chi connectivity index (χ3n) is 2.16. The Morgan fingerprint density at radius 2 is 2.15 bits per heavy atom. The summed E-state index contributed by atoms with van der Waals surface area (Å²) in [6.45, 7) is -0.178. The SMILES string of the molecule is CNC(=O)OC(C)c1cnc(OCC(F)(F)F)c(F)c1. The van der Waals surface area contributed by atoms with E-state index in [4.69, 9.17) is 4.74 Å². The van der Waals surface area contributed by atoms with Gasteiger partial charge in [0.05, 0.1) is 0 Å². The lowest BCUT2D eigenvalue weighted by Crippen LogP contribution is -2.21. The first-order valence-electron chi connectivity index (χ1n) is 5.46. The Kier molecular flexibility index (Phi) is 5.12. The Morgan fingerprint density at radius 1 is 1.50 bits per heavy atom. The highest BCUT2D eigenvalue weighted by Crippen LogP contribution is 2.23. The van der Waals surface area contributed by atoms with Gasteiger partial charge in [0.25, 0.3) is 5.88 Å². The maximum Gasteiger partial charge on any atom is 0.422 e. The molecule has 112 valence electrons. The largest absolute Gasteiger partial charge is 0.466 e. The Balaban J connectivity index is 2.74. The van der Waals surface area contributed by atoms with E-state index in [2.05, 4.69) is 15.0 Å². The van der Waals surface area contributed by atoms with Crippen molar-refractivity contribution in [3.63, 3.8) is 0 Å². The first kappa shape index (κ1) is 16.0. The van der Waals surface area contributed by atoms with Crippen LogP contribution in [0.5, 0.6) is 5.88 Å². The lowest BCUT2D eigenvalue weighted by Gasteiger charge is -2.14. The van der Waals surface area contributed by atoms with Crippen LogP contribution < -0.4 is 10.1 Å². The molecular weight excluding hydrogens is 284 g/mol. The van der Waals surface area contributed by atoms with E-state index in [1.54, 1.807) is 0 Å². The number of nitrogens with one attached hydrogen (secondary N) is 1. The van der Waals surface area contributed by atoms with Crippen molar-refractivity contribution in [3.05, 3.63) is 23.6 Å². The van der Waals surface area contributed by atoms with Crippen LogP contribution in [0.2, 0.25) is 0 Å². The summed E-state index contributed by atoms with van der Waals surface area (Å²) in [6.07, 6.45) is -5.05. The first-order chi connectivity index (χ1) is 9.23. The standard InChI is InChI=1S/C11H12F4N2O3/c1-6(20-10(18)16-2)7-3-8(12)9(17-4-7)19-5-11(13,14)15/h3-4,6H,5H2,1-2H3,(H,16,18). The molecule has 1 aromatic heterocycles. The van der Waals surface area contributed by atoms with Crippen LogP contribution in [0.1, 0.15) is 18.6 Å². The number of carbonyl (C=O) groups is 1. The number of amides is 1. The van der Waals surface area contributed by atoms with Crippen molar-refractivity contribution in [2.24, 2.45) is 0 Å². The second-order valence-electron chi connectivity index (χ2n) is 3.76. The highest BCUT2D eigenvalue weighted by molar-refractivity contribution is 5.67. The summed E-state index contributed by atoms with van der Waals surface area (Å²) in [5, 5.41) is 2.20. The number of alkyl halides is 3. The number of halogens is 4. The van der Waals surface area contributed by atoms with Gasteiger partial charge in [0.1, 0.15) is 6.10 Å². The van der Waals surface area contributed by atoms with E-state index in [0.717, 1.165) is 12.3 Å². The number of alkyl carbamates (subject to hydrolysis) is 1. The number of nitrogens with zero attached hydrogens (tertiary/aromatic N) is 1. The normalized spacial score (nSPS) is 12.7. The predicted molar refractivity (Wildman–Crippen MR) is 59.7 cm³/mol. The van der Waals surface area contributed by atoms with Crippen LogP contribution in [-0.2, 0) is 4.74 Å². The molecule has 1 aromatic rings. The zero-order chi connectivity index (χ0) is 15.3. The third kappa shape index (κ3) is 4.90. The molecule has 0 saturated heterocycles. The number of pyridine rings is 1. The number of aromatic nitrogens is 1. The van der Waals surface area contributed by atoms with Gasteiger partial charge < -0.3 is 14.8 Å². The summed E-state index contributed by atoms with van der Waals surface area (Å²) in [5.41, 5.74) is 0.186. The fraction of sp³-hybridized carbons (Fsp3) is 0.455. The summed E-state index contributed by atoms with van der Waals surface area (Å²) in [6, 6.07) is 0.895. The molecule has 0 spiro atoms. The smallest absolute Gasteiger partial charge is 0.422 e. The molecule has 0 aliphatic rings. The molecule has 1 heterocycles. The zero-order valence-corrected chi connectivity index (χ0v) is 10.6. The van der Waals surface area contributed by atoms with Crippen LogP contribution in [-0.4, -0.2) is 30.9 Å². The summed E-state index contributed by atoms with van der Waals surface area (Å²) < 4.78 is 58.3. The Labute approximate surface area is 111 Å². The van der Waals surface area contributed by atoms with E-state index in [1.165, 1.54) is 14.0 Å². The van der Waals surface area contributed by atoms with Gasteiger partial charge >= 0.3 is 12.3 Å². The summed E-state index contributed by atoms with van der Waals surface area (Å²) in [5.74, 6) is -1.84. The van der Waals surface area contributed by atoms with E-state index < -0.39 is 36.7 Å². The van der Waals surface area contributed by atoms with Crippen LogP contribution in [0.3, 0.4) is 0 Å². The van der Waals surface area contributed by atoms with Crippen LogP contribution in [0.4, 0.5) is 22.4 Å². The van der Waals surface area contributed by atoms with Gasteiger partial charge in [0.15, 0.2) is 12.4 Å². The van der Waals surface area contributed by atoms with Gasteiger partial charge in [-0.15, -0.1) is 0 Å². The maximum absolute atomic E-state index is 13.5. The average Bonchev–Trinajstić information content (AvgIpc) is 2.35. The topological polar surface area (TPSA) is 60.5 Å². The number of rotatable bonds is 4. The Morgan fingerprint density at radius 3 is 2.65 bits per heavy atom. The fourth-order valence-corrected chi connectivity index (χ4v) is 1.21. The second-order valence-corrected chi connectivity index (χ2v) is 3.76. The van der Waals surface area contributed by atoms with Crippen molar-refractivity contribution in [2.75, 3.05) is 13.7 Å². The average molecular weight is 296 g/mol. The number of ether oxygens (including phenoxy) is 2. The molecule has 9 heteroatoms. The summed E-state index contributed by atoms with van der Waals surface area (Å²) in [7, 11) is 1.35. The summed E-state index contributed by atoms with van der Waals surface area (Å²) >= 11 is 0. The molecule has 1 rings (SSSR count). The molecule has 0 fully saturated rings. The predicted octanol–water partition coefficient (Wildman–Crippen LogP) is 2.58. The summed E-state index contributed by atoms with van der Waals surface area (Å²) in [4.78, 5) is 14.4. The quantitative estimate of drug-likeness (QED) is 0.868. The molecule has 5 nitrogen and oxygen atoms in total. The van der Waals surface area contributed by atoms with Gasteiger partial charge in [-0.3, -0.25) is 0 Å². The Bertz CT molecular complexity index is 479. The highest BCUT2D eigenvalue weighted by Gasteiger charge is 2.29. The second kappa shape index (κ2) is 6.40. The molecule has 0 saturated carbocycles. The molecule has 20 heavy (non-hydrogen) atoms. The highest BCUT2D eigenvalue weighted by atomic mass is 19.4. The molecular formula is C11H12F4N2O3. The van der Waals surface area contributed by atoms with Gasteiger partial charge in [-0.1, -0.05) is 0 Å². The lowest BCUT2D eigenvalue weighted by molar-refractivity contribution is -0.154. The van der Waals surface area contributed by atoms with Crippen LogP contribution >= 0.6 is 0 Å². The minimum Gasteiger partial charge on any atom is -0.466 e.